The molecule has 0 aliphatic carbocycles. The Hall–Kier alpha value is -3.14. The van der Waals surface area contributed by atoms with Crippen molar-refractivity contribution in [2.45, 2.75) is 6.92 Å². The Balaban J connectivity index is 2.00. The largest absolute Gasteiger partial charge is 0.439 e. The third-order valence-corrected chi connectivity index (χ3v) is 4.15. The normalized spacial score (nSPS) is 13.9. The molecule has 0 atom stereocenters. The van der Waals surface area contributed by atoms with Gasteiger partial charge in [-0.1, -0.05) is 29.8 Å². The van der Waals surface area contributed by atoms with Gasteiger partial charge in [0.2, 0.25) is 11.3 Å². The van der Waals surface area contributed by atoms with Gasteiger partial charge < -0.3 is 9.32 Å². The van der Waals surface area contributed by atoms with Gasteiger partial charge in [-0.3, -0.25) is 9.59 Å². The summed E-state index contributed by atoms with van der Waals surface area (Å²) in [7, 11) is 0. The minimum atomic E-state index is -0.130. The van der Waals surface area contributed by atoms with Crippen LogP contribution in [-0.4, -0.2) is 12.3 Å². The molecule has 1 aliphatic heterocycles. The van der Waals surface area contributed by atoms with Gasteiger partial charge in [-0.25, -0.2) is 0 Å². The van der Waals surface area contributed by atoms with E-state index >= 15 is 0 Å². The van der Waals surface area contributed by atoms with Crippen molar-refractivity contribution in [3.8, 4) is 0 Å². The predicted molar refractivity (Wildman–Crippen MR) is 94.7 cm³/mol. The molecule has 0 fully saturated rings. The summed E-state index contributed by atoms with van der Waals surface area (Å²) in [4.78, 5) is 26.7. The number of carbonyl (C=O) groups excluding carboxylic acids is 1. The number of rotatable bonds is 1. The van der Waals surface area contributed by atoms with Crippen LogP contribution in [0.25, 0.3) is 17.0 Å². The summed E-state index contributed by atoms with van der Waals surface area (Å²) in [6, 6.07) is 14.9. The maximum Gasteiger partial charge on any atom is 0.212 e. The first-order valence-electron chi connectivity index (χ1n) is 7.74. The highest BCUT2D eigenvalue weighted by Gasteiger charge is 2.23. The molecule has 2 aromatic carbocycles. The van der Waals surface area contributed by atoms with Gasteiger partial charge in [0.25, 0.3) is 0 Å². The molecule has 4 nitrogen and oxygen atoms in total. The minimum absolute atomic E-state index is 0.0783. The van der Waals surface area contributed by atoms with Gasteiger partial charge >= 0.3 is 0 Å². The molecule has 0 radical (unpaired) electrons. The summed E-state index contributed by atoms with van der Waals surface area (Å²) < 4.78 is 6.01. The molecule has 4 heteroatoms. The van der Waals surface area contributed by atoms with Crippen LogP contribution in [0.5, 0.6) is 0 Å². The lowest BCUT2D eigenvalue weighted by atomic mass is 10.1. The second kappa shape index (κ2) is 5.49. The number of para-hydroxylation sites is 1. The van der Waals surface area contributed by atoms with Crippen molar-refractivity contribution in [2.75, 3.05) is 11.4 Å². The van der Waals surface area contributed by atoms with Crippen molar-refractivity contribution in [1.82, 2.24) is 0 Å². The highest BCUT2D eigenvalue weighted by atomic mass is 16.4. The highest BCUT2D eigenvalue weighted by molar-refractivity contribution is 6.01. The Labute approximate surface area is 138 Å². The molecular formula is C20H15NO3. The quantitative estimate of drug-likeness (QED) is 0.684. The lowest BCUT2D eigenvalue weighted by Gasteiger charge is -2.22. The van der Waals surface area contributed by atoms with Crippen LogP contribution in [0.15, 0.2) is 63.8 Å². The van der Waals surface area contributed by atoms with Crippen molar-refractivity contribution in [1.29, 1.82) is 0 Å². The van der Waals surface area contributed by atoms with Crippen LogP contribution >= 0.6 is 0 Å². The van der Waals surface area contributed by atoms with Crippen LogP contribution < -0.4 is 10.3 Å². The van der Waals surface area contributed by atoms with E-state index in [9.17, 15) is 9.59 Å². The van der Waals surface area contributed by atoms with E-state index in [1.165, 1.54) is 6.08 Å². The Morgan fingerprint density at radius 2 is 1.71 bits per heavy atom. The number of ketones is 1. The Bertz CT molecular complexity index is 1030. The number of carbonyl (C=O) groups is 1. The smallest absolute Gasteiger partial charge is 0.212 e. The molecule has 3 aromatic rings. The van der Waals surface area contributed by atoms with E-state index in [4.69, 9.17) is 4.42 Å². The predicted octanol–water partition coefficient (Wildman–Crippen LogP) is 3.84. The average Bonchev–Trinajstić information content (AvgIpc) is 2.75. The number of nitrogens with zero attached hydrogens (tertiary/aromatic N) is 1. The Kier molecular flexibility index (Phi) is 3.31. The van der Waals surface area contributed by atoms with Crippen LogP contribution in [0, 0.1) is 6.92 Å². The van der Waals surface area contributed by atoms with Crippen LogP contribution in [-0.2, 0) is 4.79 Å². The maximum atomic E-state index is 12.8. The number of hydrogen-bond acceptors (Lipinski definition) is 4. The lowest BCUT2D eigenvalue weighted by molar-refractivity contribution is -0.113. The van der Waals surface area contributed by atoms with Crippen LogP contribution in [0.2, 0.25) is 0 Å². The number of hydrogen-bond donors (Lipinski definition) is 0. The van der Waals surface area contributed by atoms with Gasteiger partial charge in [0.1, 0.15) is 5.58 Å². The third kappa shape index (κ3) is 2.33. The Morgan fingerprint density at radius 3 is 2.50 bits per heavy atom. The molecule has 4 rings (SSSR count). The molecular weight excluding hydrogens is 302 g/mol. The molecule has 0 unspecified atom stereocenters. The van der Waals surface area contributed by atoms with Gasteiger partial charge in [0.15, 0.2) is 5.78 Å². The van der Waals surface area contributed by atoms with Crippen LogP contribution in [0.4, 0.5) is 11.6 Å². The second-order valence-corrected chi connectivity index (χ2v) is 5.87. The van der Waals surface area contributed by atoms with Gasteiger partial charge in [-0.05, 0) is 43.3 Å². The first-order chi connectivity index (χ1) is 11.6. The minimum Gasteiger partial charge on any atom is -0.439 e. The summed E-state index contributed by atoms with van der Waals surface area (Å²) in [6.45, 7) is 2.13. The topological polar surface area (TPSA) is 50.5 Å². The van der Waals surface area contributed by atoms with Crippen molar-refractivity contribution in [2.24, 2.45) is 0 Å². The molecule has 1 aliphatic rings. The molecule has 118 valence electrons. The summed E-state index contributed by atoms with van der Waals surface area (Å²) in [5.41, 5.74) is 2.73. The zero-order valence-electron chi connectivity index (χ0n) is 13.2. The number of anilines is 2. The standard InChI is InChI=1S/C20H15NO3/c1-13-6-8-14(9-7-13)21-12-15(22)10-11-17-19(23)16-4-2-3-5-18(16)24-20(17)21/h2-11H,12H2,1H3. The monoisotopic (exact) mass is 317 g/mol. The molecule has 2 heterocycles. The second-order valence-electron chi connectivity index (χ2n) is 5.87. The van der Waals surface area contributed by atoms with Gasteiger partial charge in [-0.15, -0.1) is 0 Å². The van der Waals surface area contributed by atoms with E-state index in [0.717, 1.165) is 11.3 Å². The number of fused-ring (bicyclic) bond motifs is 2. The van der Waals surface area contributed by atoms with Crippen LogP contribution in [0.1, 0.15) is 11.1 Å². The molecule has 0 saturated heterocycles. The Morgan fingerprint density at radius 1 is 0.958 bits per heavy atom. The zero-order chi connectivity index (χ0) is 16.7. The first-order valence-corrected chi connectivity index (χ1v) is 7.74. The van der Waals surface area contributed by atoms with Crippen molar-refractivity contribution in [3.05, 3.63) is 76.0 Å². The van der Waals surface area contributed by atoms with Gasteiger partial charge in [0, 0.05) is 5.69 Å². The van der Waals surface area contributed by atoms with Crippen molar-refractivity contribution >= 4 is 34.4 Å². The third-order valence-electron chi connectivity index (χ3n) is 4.15. The van der Waals surface area contributed by atoms with E-state index in [-0.39, 0.29) is 17.8 Å². The van der Waals surface area contributed by atoms with E-state index in [2.05, 4.69) is 0 Å². The van der Waals surface area contributed by atoms with Gasteiger partial charge in [-0.2, -0.15) is 0 Å². The molecule has 1 aromatic heterocycles. The van der Waals surface area contributed by atoms with E-state index in [1.807, 2.05) is 37.3 Å². The zero-order valence-corrected chi connectivity index (χ0v) is 13.2. The van der Waals surface area contributed by atoms with E-state index < -0.39 is 0 Å². The molecule has 0 saturated carbocycles. The maximum absolute atomic E-state index is 12.8. The summed E-state index contributed by atoms with van der Waals surface area (Å²) >= 11 is 0. The number of benzene rings is 2. The molecule has 0 bridgehead atoms. The summed E-state index contributed by atoms with van der Waals surface area (Å²) in [5.74, 6) is 0.329. The first kappa shape index (κ1) is 14.5. The van der Waals surface area contributed by atoms with Crippen molar-refractivity contribution < 1.29 is 9.21 Å². The summed E-state index contributed by atoms with van der Waals surface area (Å²) in [6.07, 6.45) is 3.00. The molecule has 24 heavy (non-hydrogen) atoms. The average molecular weight is 317 g/mol. The SMILES string of the molecule is Cc1ccc(N2CC(=O)C=Cc3c2oc2ccccc2c3=O)cc1. The lowest BCUT2D eigenvalue weighted by Crippen LogP contribution is -2.24. The molecule has 0 N–H and O–H groups in total. The van der Waals surface area contributed by atoms with Gasteiger partial charge in [0.05, 0.1) is 17.5 Å². The fourth-order valence-electron chi connectivity index (χ4n) is 2.88. The fraction of sp³-hybridized carbons (Fsp3) is 0.100. The van der Waals surface area contributed by atoms with E-state index in [1.54, 1.807) is 29.2 Å². The van der Waals surface area contributed by atoms with Crippen LogP contribution in [0.3, 0.4) is 0 Å². The molecule has 0 spiro atoms. The molecule has 0 amide bonds. The number of aryl methyl sites for hydroxylation is 1. The van der Waals surface area contributed by atoms with E-state index in [0.29, 0.717) is 22.4 Å². The summed E-state index contributed by atoms with van der Waals surface area (Å²) in [5, 5.41) is 0.513. The highest BCUT2D eigenvalue weighted by Crippen LogP contribution is 2.32. The fourth-order valence-corrected chi connectivity index (χ4v) is 2.88. The van der Waals surface area contributed by atoms with Crippen molar-refractivity contribution in [3.63, 3.8) is 0 Å².